The lowest BCUT2D eigenvalue weighted by molar-refractivity contribution is -0.139. The monoisotopic (exact) mass is 620 g/mol. The first-order chi connectivity index (χ1) is 20.7. The second-order valence-corrected chi connectivity index (χ2v) is 13.0. The van der Waals surface area contributed by atoms with E-state index in [4.69, 9.17) is 14.5 Å². The molecule has 0 spiro atoms. The molecule has 3 N–H and O–H groups in total. The fraction of sp³-hybridized carbons (Fsp3) is 0.517. The molecule has 0 amide bonds. The van der Waals surface area contributed by atoms with Crippen LogP contribution in [0.15, 0.2) is 63.8 Å². The van der Waals surface area contributed by atoms with Gasteiger partial charge < -0.3 is 25.4 Å². The lowest BCUT2D eigenvalue weighted by atomic mass is 9.86. The van der Waals surface area contributed by atoms with Gasteiger partial charge in [0.2, 0.25) is 15.7 Å². The third kappa shape index (κ3) is 6.10. The number of nitrogens with one attached hydrogen (secondary N) is 3. The zero-order chi connectivity index (χ0) is 30.1. The topological polar surface area (TPSA) is 117 Å². The number of amidine groups is 1. The van der Waals surface area contributed by atoms with Crippen molar-refractivity contribution in [2.24, 2.45) is 4.99 Å². The highest BCUT2D eigenvalue weighted by Gasteiger charge is 2.49. The van der Waals surface area contributed by atoms with Crippen molar-refractivity contribution in [2.75, 3.05) is 44.7 Å². The first kappa shape index (κ1) is 29.9. The number of anilines is 1. The van der Waals surface area contributed by atoms with Crippen molar-refractivity contribution >= 4 is 21.7 Å². The molecule has 2 fully saturated rings. The number of hydrogen-bond donors (Lipinski definition) is 3. The van der Waals surface area contributed by atoms with Gasteiger partial charge in [0.15, 0.2) is 0 Å². The summed E-state index contributed by atoms with van der Waals surface area (Å²) in [6.07, 6.45) is 0.160. The molecule has 6 rings (SSSR count). The summed E-state index contributed by atoms with van der Waals surface area (Å²) in [6.45, 7) is 3.11. The van der Waals surface area contributed by atoms with Gasteiger partial charge in [0.1, 0.15) is 11.8 Å². The van der Waals surface area contributed by atoms with Gasteiger partial charge in [-0.2, -0.15) is 22.5 Å². The van der Waals surface area contributed by atoms with E-state index in [0.29, 0.717) is 82.0 Å². The molecule has 1 aromatic carbocycles. The van der Waals surface area contributed by atoms with Crippen LogP contribution in [-0.4, -0.2) is 69.2 Å². The van der Waals surface area contributed by atoms with Crippen molar-refractivity contribution in [1.29, 1.82) is 0 Å². The van der Waals surface area contributed by atoms with Crippen LogP contribution in [0, 0.1) is 0 Å². The van der Waals surface area contributed by atoms with Gasteiger partial charge in [-0.25, -0.2) is 8.42 Å². The number of benzene rings is 1. The molecule has 14 heteroatoms. The van der Waals surface area contributed by atoms with Gasteiger partial charge >= 0.3 is 6.18 Å². The molecule has 4 aliphatic heterocycles. The van der Waals surface area contributed by atoms with E-state index in [2.05, 4.69) is 20.9 Å². The maximum atomic E-state index is 14.5. The average molecular weight is 621 g/mol. The summed E-state index contributed by atoms with van der Waals surface area (Å²) in [5, 5.41) is 9.86. The zero-order valence-electron chi connectivity index (χ0n) is 23.6. The van der Waals surface area contributed by atoms with Crippen LogP contribution in [0.3, 0.4) is 0 Å². The Kier molecular flexibility index (Phi) is 8.37. The largest absolute Gasteiger partial charge is 0.461 e. The van der Waals surface area contributed by atoms with E-state index in [1.165, 1.54) is 28.7 Å². The highest BCUT2D eigenvalue weighted by molar-refractivity contribution is 7.89. The summed E-state index contributed by atoms with van der Waals surface area (Å²) in [6, 6.07) is 8.43. The standard InChI is InChI=1S/C29H35F3N6O4S/c30-29(31,32)24-4-3-13-34-26(24)28(36-20-5-7-22(8-6-20)43(39,40)38-16-1-2-17-38)23-9-14-33-15-10-25(23)35-27(37-28)42-21-11-18-41-19-12-21/h3-8,13,21,33,36H,1-2,9-12,14-19H2,(H,35,37). The maximum Gasteiger partial charge on any atom is 0.418 e. The molecule has 10 nitrogen and oxygen atoms in total. The number of rotatable bonds is 6. The number of alkyl halides is 3. The summed E-state index contributed by atoms with van der Waals surface area (Å²) in [5.41, 5.74) is -1.30. The van der Waals surface area contributed by atoms with E-state index >= 15 is 0 Å². The van der Waals surface area contributed by atoms with Crippen LogP contribution in [0.1, 0.15) is 49.8 Å². The van der Waals surface area contributed by atoms with Crippen molar-refractivity contribution in [2.45, 2.75) is 61.4 Å². The SMILES string of the molecule is O=S(=O)(c1ccc(NC2(c3ncccc3C(F)(F)F)N=C(OC3CCOCC3)NC3=C2CCNCC3)cc1)N1CCCC1. The summed E-state index contributed by atoms with van der Waals surface area (Å²) in [4.78, 5) is 9.29. The van der Waals surface area contributed by atoms with E-state index in [1.54, 1.807) is 12.1 Å². The molecule has 1 atom stereocenters. The van der Waals surface area contributed by atoms with Crippen LogP contribution in [0.4, 0.5) is 18.9 Å². The minimum Gasteiger partial charge on any atom is -0.461 e. The first-order valence-electron chi connectivity index (χ1n) is 14.6. The van der Waals surface area contributed by atoms with Gasteiger partial charge in [-0.05, 0) is 62.2 Å². The number of pyridine rings is 1. The van der Waals surface area contributed by atoms with Gasteiger partial charge in [0.25, 0.3) is 6.02 Å². The Morgan fingerprint density at radius 1 is 1.05 bits per heavy atom. The molecular formula is C29H35F3N6O4S. The fourth-order valence-corrected chi connectivity index (χ4v) is 7.57. The number of hydrogen-bond acceptors (Lipinski definition) is 9. The molecule has 0 aliphatic carbocycles. The Labute approximate surface area is 248 Å². The minimum absolute atomic E-state index is 0.104. The summed E-state index contributed by atoms with van der Waals surface area (Å²) in [5.74, 6) is 0. The van der Waals surface area contributed by atoms with E-state index in [0.717, 1.165) is 18.9 Å². The van der Waals surface area contributed by atoms with Crippen molar-refractivity contribution in [3.05, 3.63) is 65.1 Å². The number of aromatic nitrogens is 1. The van der Waals surface area contributed by atoms with Crippen LogP contribution in [0.5, 0.6) is 0 Å². The Hall–Kier alpha value is -3.20. The fourth-order valence-electron chi connectivity index (χ4n) is 6.05. The highest BCUT2D eigenvalue weighted by Crippen LogP contribution is 2.45. The van der Waals surface area contributed by atoms with Crippen LogP contribution in [-0.2, 0) is 31.3 Å². The normalized spacial score (nSPS) is 24.1. The number of halogens is 3. The van der Waals surface area contributed by atoms with E-state index in [9.17, 15) is 21.6 Å². The van der Waals surface area contributed by atoms with Gasteiger partial charge in [-0.15, -0.1) is 0 Å². The Morgan fingerprint density at radius 3 is 2.49 bits per heavy atom. The molecule has 232 valence electrons. The number of ether oxygens (including phenoxy) is 2. The van der Waals surface area contributed by atoms with Crippen LogP contribution in [0.2, 0.25) is 0 Å². The lowest BCUT2D eigenvalue weighted by Gasteiger charge is -2.40. The quantitative estimate of drug-likeness (QED) is 0.445. The Bertz CT molecular complexity index is 1490. The Morgan fingerprint density at radius 2 is 1.77 bits per heavy atom. The van der Waals surface area contributed by atoms with Crippen LogP contribution >= 0.6 is 0 Å². The van der Waals surface area contributed by atoms with Crippen molar-refractivity contribution in [3.8, 4) is 0 Å². The summed E-state index contributed by atoms with van der Waals surface area (Å²) >= 11 is 0. The lowest BCUT2D eigenvalue weighted by Crippen LogP contribution is -2.48. The second kappa shape index (κ2) is 12.1. The summed E-state index contributed by atoms with van der Waals surface area (Å²) < 4.78 is 83.0. The molecule has 1 aromatic heterocycles. The molecule has 0 radical (unpaired) electrons. The molecule has 1 unspecified atom stereocenters. The van der Waals surface area contributed by atoms with E-state index < -0.39 is 27.4 Å². The number of aliphatic imine (C=N–C) groups is 1. The zero-order valence-corrected chi connectivity index (χ0v) is 24.4. The first-order valence-corrected chi connectivity index (χ1v) is 16.1. The molecule has 0 bridgehead atoms. The molecule has 2 aromatic rings. The summed E-state index contributed by atoms with van der Waals surface area (Å²) in [7, 11) is -3.67. The van der Waals surface area contributed by atoms with Crippen molar-refractivity contribution in [1.82, 2.24) is 19.9 Å². The second-order valence-electron chi connectivity index (χ2n) is 11.0. The third-order valence-electron chi connectivity index (χ3n) is 8.22. The molecule has 4 aliphatic rings. The average Bonchev–Trinajstić information content (AvgIpc) is 3.45. The van der Waals surface area contributed by atoms with Crippen LogP contribution in [0.25, 0.3) is 0 Å². The van der Waals surface area contributed by atoms with Gasteiger partial charge in [-0.1, -0.05) is 0 Å². The molecule has 2 saturated heterocycles. The van der Waals surface area contributed by atoms with Gasteiger partial charge in [-0.3, -0.25) is 4.98 Å². The van der Waals surface area contributed by atoms with Crippen molar-refractivity contribution < 1.29 is 31.1 Å². The number of sulfonamides is 1. The van der Waals surface area contributed by atoms with Gasteiger partial charge in [0.05, 0.1) is 23.7 Å². The number of nitrogens with zero attached hydrogens (tertiary/aromatic N) is 3. The van der Waals surface area contributed by atoms with Crippen molar-refractivity contribution in [3.63, 3.8) is 0 Å². The Balaban J connectivity index is 1.47. The molecule has 0 saturated carbocycles. The molecule has 43 heavy (non-hydrogen) atoms. The third-order valence-corrected chi connectivity index (χ3v) is 10.1. The van der Waals surface area contributed by atoms with Crippen LogP contribution < -0.4 is 16.0 Å². The minimum atomic E-state index is -4.71. The predicted molar refractivity (Wildman–Crippen MR) is 154 cm³/mol. The smallest absolute Gasteiger partial charge is 0.418 e. The maximum absolute atomic E-state index is 14.5. The highest BCUT2D eigenvalue weighted by atomic mass is 32.2. The molecule has 5 heterocycles. The van der Waals surface area contributed by atoms with E-state index in [1.807, 2.05) is 0 Å². The molecular weight excluding hydrogens is 585 g/mol. The van der Waals surface area contributed by atoms with Gasteiger partial charge in [0, 0.05) is 62.1 Å². The predicted octanol–water partition coefficient (Wildman–Crippen LogP) is 3.94. The van der Waals surface area contributed by atoms with E-state index in [-0.39, 0.29) is 22.7 Å².